The standard InChI is InChI=1S/C21H21FN4O2/c1-21(7-2-8-23-20(21)28)14-5-6-16(24-19(14)27)12-9-13-17(11-3-4-11)25-26-18(13)15(22)10-12/h5-6,9-11H,2-4,7-8H2,1H3,(H,23,28)(H,24,27)(H,25,26). The van der Waals surface area contributed by atoms with Gasteiger partial charge in [0.15, 0.2) is 0 Å². The number of halogens is 1. The van der Waals surface area contributed by atoms with Gasteiger partial charge in [0.05, 0.1) is 16.8 Å². The van der Waals surface area contributed by atoms with Crippen molar-refractivity contribution in [3.8, 4) is 17.1 Å². The summed E-state index contributed by atoms with van der Waals surface area (Å²) in [5.41, 5.74) is 2.02. The van der Waals surface area contributed by atoms with Gasteiger partial charge in [-0.25, -0.2) is 9.37 Å². The molecule has 0 bridgehead atoms. The average molecular weight is 380 g/mol. The molecule has 1 unspecified atom stereocenters. The Labute approximate surface area is 161 Å². The van der Waals surface area contributed by atoms with E-state index in [9.17, 15) is 14.3 Å². The number of nitrogens with one attached hydrogen (secondary N) is 2. The van der Waals surface area contributed by atoms with Gasteiger partial charge in [-0.3, -0.25) is 9.89 Å². The third-order valence-corrected chi connectivity index (χ3v) is 6.02. The van der Waals surface area contributed by atoms with Crippen molar-refractivity contribution in [2.24, 2.45) is 0 Å². The predicted molar refractivity (Wildman–Crippen MR) is 103 cm³/mol. The van der Waals surface area contributed by atoms with E-state index in [0.29, 0.717) is 41.2 Å². The second-order valence-electron chi connectivity index (χ2n) is 8.02. The lowest BCUT2D eigenvalue weighted by atomic mass is 9.76. The third-order valence-electron chi connectivity index (χ3n) is 6.02. The highest BCUT2D eigenvalue weighted by Crippen LogP contribution is 2.43. The number of nitrogens with zero attached hydrogens (tertiary/aromatic N) is 2. The SMILES string of the molecule is CC1(c2ccc(-c3cc(F)c4[nH]nc(C5CC5)c4c3)nc2O)CCCNC1=O. The normalized spacial score (nSPS) is 22.4. The first-order valence-electron chi connectivity index (χ1n) is 9.64. The number of aromatic hydroxyl groups is 1. The fourth-order valence-corrected chi connectivity index (χ4v) is 4.16. The first kappa shape index (κ1) is 17.2. The molecule has 0 radical (unpaired) electrons. The topological polar surface area (TPSA) is 90.9 Å². The lowest BCUT2D eigenvalue weighted by Gasteiger charge is -2.33. The zero-order chi connectivity index (χ0) is 19.5. The van der Waals surface area contributed by atoms with Crippen molar-refractivity contribution in [2.45, 2.75) is 43.9 Å². The molecule has 2 aliphatic rings. The largest absolute Gasteiger partial charge is 0.493 e. The van der Waals surface area contributed by atoms with E-state index in [-0.39, 0.29) is 11.8 Å². The summed E-state index contributed by atoms with van der Waals surface area (Å²) < 4.78 is 14.6. The quantitative estimate of drug-likeness (QED) is 0.648. The second-order valence-corrected chi connectivity index (χ2v) is 8.02. The van der Waals surface area contributed by atoms with E-state index >= 15 is 0 Å². The molecule has 2 aromatic heterocycles. The zero-order valence-corrected chi connectivity index (χ0v) is 15.6. The van der Waals surface area contributed by atoms with Crippen molar-refractivity contribution < 1.29 is 14.3 Å². The average Bonchev–Trinajstić information content (AvgIpc) is 3.43. The van der Waals surface area contributed by atoms with Gasteiger partial charge in [-0.2, -0.15) is 5.10 Å². The molecule has 2 fully saturated rings. The van der Waals surface area contributed by atoms with Gasteiger partial charge in [-0.05, 0) is 50.8 Å². The molecule has 1 aliphatic heterocycles. The van der Waals surface area contributed by atoms with E-state index in [1.54, 1.807) is 12.1 Å². The minimum absolute atomic E-state index is 0.108. The third kappa shape index (κ3) is 2.57. The maximum Gasteiger partial charge on any atom is 0.230 e. The van der Waals surface area contributed by atoms with Gasteiger partial charge < -0.3 is 10.4 Å². The summed E-state index contributed by atoms with van der Waals surface area (Å²) in [5, 5.41) is 21.3. The molecule has 144 valence electrons. The summed E-state index contributed by atoms with van der Waals surface area (Å²) in [7, 11) is 0. The number of fused-ring (bicyclic) bond motifs is 1. The number of amides is 1. The number of hydrogen-bond acceptors (Lipinski definition) is 4. The lowest BCUT2D eigenvalue weighted by Crippen LogP contribution is -2.47. The number of carbonyl (C=O) groups is 1. The highest BCUT2D eigenvalue weighted by molar-refractivity contribution is 5.90. The van der Waals surface area contributed by atoms with Crippen LogP contribution in [0, 0.1) is 5.82 Å². The number of piperidine rings is 1. The van der Waals surface area contributed by atoms with Crippen LogP contribution in [0.2, 0.25) is 0 Å². The summed E-state index contributed by atoms with van der Waals surface area (Å²) >= 11 is 0. The summed E-state index contributed by atoms with van der Waals surface area (Å²) in [6, 6.07) is 6.72. The van der Waals surface area contributed by atoms with Gasteiger partial charge in [0.2, 0.25) is 11.8 Å². The van der Waals surface area contributed by atoms with E-state index < -0.39 is 11.2 Å². The summed E-state index contributed by atoms with van der Waals surface area (Å²) in [6.45, 7) is 2.46. The molecule has 1 aliphatic carbocycles. The number of rotatable bonds is 3. The van der Waals surface area contributed by atoms with E-state index in [1.807, 2.05) is 13.0 Å². The molecule has 1 amide bonds. The Balaban J connectivity index is 1.58. The smallest absolute Gasteiger partial charge is 0.230 e. The molecule has 28 heavy (non-hydrogen) atoms. The number of benzene rings is 1. The molecule has 0 spiro atoms. The number of hydrogen-bond donors (Lipinski definition) is 3. The highest BCUT2D eigenvalue weighted by atomic mass is 19.1. The molecular weight excluding hydrogens is 359 g/mol. The summed E-state index contributed by atoms with van der Waals surface area (Å²) in [5.74, 6) is -0.302. The minimum Gasteiger partial charge on any atom is -0.493 e. The molecule has 1 atom stereocenters. The molecule has 3 aromatic rings. The molecule has 1 saturated carbocycles. The van der Waals surface area contributed by atoms with Crippen molar-refractivity contribution >= 4 is 16.8 Å². The monoisotopic (exact) mass is 380 g/mol. The fraction of sp³-hybridized carbons (Fsp3) is 0.381. The molecule has 6 nitrogen and oxygen atoms in total. The van der Waals surface area contributed by atoms with Crippen LogP contribution >= 0.6 is 0 Å². The van der Waals surface area contributed by atoms with Crippen LogP contribution in [0.15, 0.2) is 24.3 Å². The van der Waals surface area contributed by atoms with Crippen LogP contribution in [0.1, 0.15) is 49.8 Å². The number of H-pyrrole nitrogens is 1. The molecule has 1 saturated heterocycles. The van der Waals surface area contributed by atoms with Crippen LogP contribution in [-0.2, 0) is 10.2 Å². The molecular formula is C21H21FN4O2. The van der Waals surface area contributed by atoms with E-state index in [2.05, 4.69) is 20.5 Å². The molecule has 5 rings (SSSR count). The van der Waals surface area contributed by atoms with Crippen molar-refractivity contribution in [2.75, 3.05) is 6.54 Å². The van der Waals surface area contributed by atoms with E-state index in [0.717, 1.165) is 30.3 Å². The van der Waals surface area contributed by atoms with Gasteiger partial charge in [0.25, 0.3) is 0 Å². The minimum atomic E-state index is -0.813. The van der Waals surface area contributed by atoms with Crippen LogP contribution in [-0.4, -0.2) is 32.7 Å². The number of aromatic nitrogens is 3. The van der Waals surface area contributed by atoms with Crippen molar-refractivity contribution in [1.29, 1.82) is 0 Å². The summed E-state index contributed by atoms with van der Waals surface area (Å²) in [6.07, 6.45) is 3.63. The van der Waals surface area contributed by atoms with Crippen molar-refractivity contribution in [3.63, 3.8) is 0 Å². The Morgan fingerprint density at radius 2 is 2.11 bits per heavy atom. The van der Waals surface area contributed by atoms with Crippen LogP contribution in [0.5, 0.6) is 5.88 Å². The first-order valence-corrected chi connectivity index (χ1v) is 9.64. The molecule has 1 aromatic carbocycles. The van der Waals surface area contributed by atoms with Crippen molar-refractivity contribution in [1.82, 2.24) is 20.5 Å². The van der Waals surface area contributed by atoms with Gasteiger partial charge in [0, 0.05) is 29.0 Å². The van der Waals surface area contributed by atoms with Crippen molar-refractivity contribution in [3.05, 3.63) is 41.3 Å². The van der Waals surface area contributed by atoms with Gasteiger partial charge in [-0.15, -0.1) is 0 Å². The van der Waals surface area contributed by atoms with E-state index in [4.69, 9.17) is 0 Å². The summed E-state index contributed by atoms with van der Waals surface area (Å²) in [4.78, 5) is 16.7. The second kappa shape index (κ2) is 6.02. The van der Waals surface area contributed by atoms with Gasteiger partial charge in [0.1, 0.15) is 11.3 Å². The maximum absolute atomic E-state index is 14.6. The number of pyridine rings is 1. The molecule has 3 heterocycles. The Morgan fingerprint density at radius 1 is 1.29 bits per heavy atom. The number of carbonyl (C=O) groups excluding carboxylic acids is 1. The number of aromatic amines is 1. The molecule has 3 N–H and O–H groups in total. The molecule has 7 heteroatoms. The fourth-order valence-electron chi connectivity index (χ4n) is 4.16. The first-order chi connectivity index (χ1) is 13.5. The Bertz CT molecular complexity index is 1110. The van der Waals surface area contributed by atoms with Crippen LogP contribution < -0.4 is 5.32 Å². The van der Waals surface area contributed by atoms with E-state index in [1.165, 1.54) is 6.07 Å². The Morgan fingerprint density at radius 3 is 2.82 bits per heavy atom. The predicted octanol–water partition coefficient (Wildman–Crippen LogP) is 3.51. The highest BCUT2D eigenvalue weighted by Gasteiger charge is 2.39. The van der Waals surface area contributed by atoms with Crippen LogP contribution in [0.4, 0.5) is 4.39 Å². The Hall–Kier alpha value is -2.96. The maximum atomic E-state index is 14.6. The van der Waals surface area contributed by atoms with Gasteiger partial charge >= 0.3 is 0 Å². The Kier molecular flexibility index (Phi) is 3.69. The van der Waals surface area contributed by atoms with Crippen LogP contribution in [0.25, 0.3) is 22.2 Å². The van der Waals surface area contributed by atoms with Crippen LogP contribution in [0.3, 0.4) is 0 Å². The zero-order valence-electron chi connectivity index (χ0n) is 15.6. The lowest BCUT2D eigenvalue weighted by molar-refractivity contribution is -0.128. The van der Waals surface area contributed by atoms with Gasteiger partial charge in [-0.1, -0.05) is 6.07 Å².